The lowest BCUT2D eigenvalue weighted by atomic mass is 9.83. The van der Waals surface area contributed by atoms with Crippen molar-refractivity contribution in [3.8, 4) is 6.07 Å². The number of amides is 2. The molecule has 0 aromatic heterocycles. The Kier molecular flexibility index (Phi) is 7.17. The molecule has 1 aliphatic carbocycles. The highest BCUT2D eigenvalue weighted by molar-refractivity contribution is 5.81. The second kappa shape index (κ2) is 8.63. The van der Waals surface area contributed by atoms with E-state index in [1.165, 1.54) is 0 Å². The summed E-state index contributed by atoms with van der Waals surface area (Å²) in [6.45, 7) is 5.33. The van der Waals surface area contributed by atoms with Crippen LogP contribution in [0.25, 0.3) is 0 Å². The van der Waals surface area contributed by atoms with Crippen molar-refractivity contribution in [3.63, 3.8) is 0 Å². The summed E-state index contributed by atoms with van der Waals surface area (Å²) < 4.78 is 0. The van der Waals surface area contributed by atoms with Crippen LogP contribution in [0.2, 0.25) is 0 Å². The molecule has 1 aliphatic rings. The average Bonchev–Trinajstić information content (AvgIpc) is 2.47. The van der Waals surface area contributed by atoms with Crippen molar-refractivity contribution in [2.45, 2.75) is 51.5 Å². The summed E-state index contributed by atoms with van der Waals surface area (Å²) in [4.78, 5) is 25.5. The minimum atomic E-state index is -0.708. The van der Waals surface area contributed by atoms with E-state index in [1.54, 1.807) is 4.90 Å². The highest BCUT2D eigenvalue weighted by Crippen LogP contribution is 2.27. The third-order valence-corrected chi connectivity index (χ3v) is 3.86. The van der Waals surface area contributed by atoms with Gasteiger partial charge in [0.25, 0.3) is 0 Å². The zero-order chi connectivity index (χ0) is 15.7. The summed E-state index contributed by atoms with van der Waals surface area (Å²) in [6, 6.07) is 2.27. The molecular weight excluding hydrogens is 268 g/mol. The van der Waals surface area contributed by atoms with Crippen LogP contribution in [0, 0.1) is 11.3 Å². The molecule has 0 heterocycles. The first-order chi connectivity index (χ1) is 10.0. The number of carbonyl (C=O) groups is 2. The Bertz CT molecular complexity index is 397. The predicted molar refractivity (Wildman–Crippen MR) is 80.4 cm³/mol. The first-order valence-electron chi connectivity index (χ1n) is 7.76. The van der Waals surface area contributed by atoms with Crippen molar-refractivity contribution in [1.29, 1.82) is 5.26 Å². The number of carbonyl (C=O) groups excluding carboxylic acids is 2. The van der Waals surface area contributed by atoms with Gasteiger partial charge in [0.15, 0.2) is 0 Å². The summed E-state index contributed by atoms with van der Waals surface area (Å²) in [5.74, 6) is -0.260. The Morgan fingerprint density at radius 2 is 1.76 bits per heavy atom. The van der Waals surface area contributed by atoms with Crippen molar-refractivity contribution >= 4 is 11.8 Å². The van der Waals surface area contributed by atoms with E-state index < -0.39 is 5.54 Å². The molecule has 0 radical (unpaired) electrons. The van der Waals surface area contributed by atoms with Crippen LogP contribution in [-0.4, -0.2) is 48.4 Å². The molecule has 0 aliphatic heterocycles. The summed E-state index contributed by atoms with van der Waals surface area (Å²) in [7, 11) is 0. The molecule has 1 rings (SSSR count). The van der Waals surface area contributed by atoms with E-state index in [2.05, 4.69) is 16.7 Å². The zero-order valence-corrected chi connectivity index (χ0v) is 13.1. The van der Waals surface area contributed by atoms with Crippen LogP contribution in [0.5, 0.6) is 0 Å². The molecule has 1 fully saturated rings. The maximum Gasteiger partial charge on any atom is 0.235 e. The fourth-order valence-electron chi connectivity index (χ4n) is 2.67. The van der Waals surface area contributed by atoms with Crippen LogP contribution >= 0.6 is 0 Å². The minimum Gasteiger partial charge on any atom is -0.355 e. The van der Waals surface area contributed by atoms with Gasteiger partial charge in [-0.1, -0.05) is 26.2 Å². The van der Waals surface area contributed by atoms with E-state index in [0.717, 1.165) is 32.1 Å². The van der Waals surface area contributed by atoms with Crippen LogP contribution in [0.1, 0.15) is 46.0 Å². The Balaban J connectivity index is 2.50. The topological polar surface area (TPSA) is 85.2 Å². The van der Waals surface area contributed by atoms with Gasteiger partial charge in [-0.25, -0.2) is 0 Å². The smallest absolute Gasteiger partial charge is 0.235 e. The zero-order valence-electron chi connectivity index (χ0n) is 13.1. The van der Waals surface area contributed by atoms with Gasteiger partial charge in [-0.15, -0.1) is 0 Å². The first-order valence-corrected chi connectivity index (χ1v) is 7.76. The van der Waals surface area contributed by atoms with Gasteiger partial charge >= 0.3 is 0 Å². The molecule has 0 bridgehead atoms. The molecule has 21 heavy (non-hydrogen) atoms. The van der Waals surface area contributed by atoms with Crippen LogP contribution < -0.4 is 10.6 Å². The molecule has 0 atom stereocenters. The van der Waals surface area contributed by atoms with Crippen molar-refractivity contribution in [2.75, 3.05) is 26.2 Å². The fourth-order valence-corrected chi connectivity index (χ4v) is 2.67. The molecule has 0 saturated heterocycles. The van der Waals surface area contributed by atoms with Gasteiger partial charge in [0.2, 0.25) is 11.8 Å². The fraction of sp³-hybridized carbons (Fsp3) is 0.800. The van der Waals surface area contributed by atoms with Gasteiger partial charge in [-0.3, -0.25) is 14.5 Å². The van der Waals surface area contributed by atoms with Crippen molar-refractivity contribution < 1.29 is 9.59 Å². The number of hydrogen-bond donors (Lipinski definition) is 2. The number of nitriles is 1. The normalized spacial score (nSPS) is 17.0. The summed E-state index contributed by atoms with van der Waals surface area (Å²) in [5, 5.41) is 15.0. The second-order valence-corrected chi connectivity index (χ2v) is 5.56. The van der Waals surface area contributed by atoms with Gasteiger partial charge < -0.3 is 10.6 Å². The summed E-state index contributed by atoms with van der Waals surface area (Å²) in [5.41, 5.74) is -0.708. The van der Waals surface area contributed by atoms with E-state index in [1.807, 2.05) is 13.8 Å². The number of rotatable bonds is 7. The van der Waals surface area contributed by atoms with E-state index in [0.29, 0.717) is 13.1 Å². The Hall–Kier alpha value is -1.61. The Morgan fingerprint density at radius 3 is 2.29 bits per heavy atom. The molecule has 2 N–H and O–H groups in total. The molecule has 2 amide bonds. The van der Waals surface area contributed by atoms with Crippen LogP contribution in [-0.2, 0) is 9.59 Å². The van der Waals surface area contributed by atoms with E-state index in [9.17, 15) is 14.9 Å². The monoisotopic (exact) mass is 294 g/mol. The van der Waals surface area contributed by atoms with Gasteiger partial charge in [-0.2, -0.15) is 5.26 Å². The second-order valence-electron chi connectivity index (χ2n) is 5.56. The van der Waals surface area contributed by atoms with Crippen molar-refractivity contribution in [2.24, 2.45) is 0 Å². The predicted octanol–water partition coefficient (Wildman–Crippen LogP) is 0.787. The maximum atomic E-state index is 12.1. The third-order valence-electron chi connectivity index (χ3n) is 3.86. The maximum absolute atomic E-state index is 12.1. The summed E-state index contributed by atoms with van der Waals surface area (Å²) >= 11 is 0. The van der Waals surface area contributed by atoms with E-state index in [4.69, 9.17) is 0 Å². The molecule has 6 nitrogen and oxygen atoms in total. The summed E-state index contributed by atoms with van der Waals surface area (Å²) in [6.07, 6.45) is 4.52. The molecule has 0 spiro atoms. The molecule has 0 aromatic carbocycles. The SMILES string of the molecule is CCNC(=O)CN(CC)CC(=O)NC1(C#N)CCCCC1. The number of nitrogens with zero attached hydrogens (tertiary/aromatic N) is 2. The lowest BCUT2D eigenvalue weighted by Gasteiger charge is -2.32. The van der Waals surface area contributed by atoms with E-state index >= 15 is 0 Å². The Morgan fingerprint density at radius 1 is 1.14 bits per heavy atom. The van der Waals surface area contributed by atoms with Gasteiger partial charge in [-0.05, 0) is 26.3 Å². The van der Waals surface area contributed by atoms with Crippen molar-refractivity contribution in [1.82, 2.24) is 15.5 Å². The third kappa shape index (κ3) is 5.72. The standard InChI is InChI=1S/C15H26N4O2/c1-3-17-13(20)10-19(4-2)11-14(21)18-15(12-16)8-6-5-7-9-15/h3-11H2,1-2H3,(H,17,20)(H,18,21). The average molecular weight is 294 g/mol. The minimum absolute atomic E-state index is 0.0835. The van der Waals surface area contributed by atoms with Crippen molar-refractivity contribution in [3.05, 3.63) is 0 Å². The number of nitrogens with one attached hydrogen (secondary N) is 2. The number of hydrogen-bond acceptors (Lipinski definition) is 4. The lowest BCUT2D eigenvalue weighted by Crippen LogP contribution is -2.52. The van der Waals surface area contributed by atoms with Crippen LogP contribution in [0.15, 0.2) is 0 Å². The highest BCUT2D eigenvalue weighted by Gasteiger charge is 2.33. The van der Waals surface area contributed by atoms with Gasteiger partial charge in [0.05, 0.1) is 19.2 Å². The molecule has 1 saturated carbocycles. The molecule has 0 unspecified atom stereocenters. The molecule has 6 heteroatoms. The first kappa shape index (κ1) is 17.4. The number of likely N-dealkylation sites (N-methyl/N-ethyl adjacent to an activating group) is 2. The molecular formula is C15H26N4O2. The molecule has 0 aromatic rings. The van der Waals surface area contributed by atoms with E-state index in [-0.39, 0.29) is 24.9 Å². The van der Waals surface area contributed by atoms with Gasteiger partial charge in [0, 0.05) is 6.54 Å². The van der Waals surface area contributed by atoms with Gasteiger partial charge in [0.1, 0.15) is 5.54 Å². The lowest BCUT2D eigenvalue weighted by molar-refractivity contribution is -0.126. The quantitative estimate of drug-likeness (QED) is 0.727. The molecule has 118 valence electrons. The Labute approximate surface area is 126 Å². The largest absolute Gasteiger partial charge is 0.355 e. The highest BCUT2D eigenvalue weighted by atomic mass is 16.2. The van der Waals surface area contributed by atoms with Crippen LogP contribution in [0.4, 0.5) is 0 Å². The van der Waals surface area contributed by atoms with Crippen LogP contribution in [0.3, 0.4) is 0 Å².